The molecule has 1 N–H and O–H groups in total. The van der Waals surface area contributed by atoms with E-state index in [9.17, 15) is 9.18 Å². The van der Waals surface area contributed by atoms with Crippen LogP contribution in [0.15, 0.2) is 18.2 Å². The van der Waals surface area contributed by atoms with E-state index in [0.29, 0.717) is 18.0 Å². The molecule has 3 nitrogen and oxygen atoms in total. The number of carbonyl (C=O) groups is 1. The summed E-state index contributed by atoms with van der Waals surface area (Å²) in [4.78, 5) is 14.3. The highest BCUT2D eigenvalue weighted by Crippen LogP contribution is 2.23. The molecule has 0 aromatic heterocycles. The van der Waals surface area contributed by atoms with Crippen LogP contribution in [0.25, 0.3) is 0 Å². The van der Waals surface area contributed by atoms with Crippen LogP contribution in [0, 0.1) is 23.6 Å². The van der Waals surface area contributed by atoms with Crippen molar-refractivity contribution in [3.8, 4) is 11.8 Å². The fourth-order valence-corrected chi connectivity index (χ4v) is 2.62. The number of halogens is 1. The fourth-order valence-electron chi connectivity index (χ4n) is 2.62. The second-order valence-corrected chi connectivity index (χ2v) is 5.64. The molecule has 1 aliphatic rings. The van der Waals surface area contributed by atoms with Crippen molar-refractivity contribution in [3.05, 3.63) is 35.1 Å². The van der Waals surface area contributed by atoms with E-state index < -0.39 is 5.82 Å². The molecule has 0 bridgehead atoms. The first-order chi connectivity index (χ1) is 10.0. The molecule has 1 heterocycles. The number of hydrogen-bond donors (Lipinski definition) is 1. The third kappa shape index (κ3) is 3.62. The second-order valence-electron chi connectivity index (χ2n) is 5.64. The molecular formula is C17H20FNO2. The predicted octanol–water partition coefficient (Wildman–Crippen LogP) is 2.43. The number of nitrogens with zero attached hydrogens (tertiary/aromatic N) is 1. The monoisotopic (exact) mass is 289 g/mol. The van der Waals surface area contributed by atoms with Gasteiger partial charge in [0.2, 0.25) is 0 Å². The quantitative estimate of drug-likeness (QED) is 0.807. The maximum absolute atomic E-state index is 13.9. The van der Waals surface area contributed by atoms with Crippen LogP contribution >= 0.6 is 0 Å². The lowest BCUT2D eigenvalue weighted by Gasteiger charge is -2.36. The molecule has 0 radical (unpaired) electrons. The molecule has 0 saturated carbocycles. The van der Waals surface area contributed by atoms with Gasteiger partial charge in [0, 0.05) is 18.2 Å². The van der Waals surface area contributed by atoms with Crippen molar-refractivity contribution in [2.24, 2.45) is 5.92 Å². The van der Waals surface area contributed by atoms with Crippen LogP contribution in [0.2, 0.25) is 0 Å². The van der Waals surface area contributed by atoms with Gasteiger partial charge < -0.3 is 10.0 Å². The molecule has 1 amide bonds. The standard InChI is InChI=1S/C17H20FNO2/c1-12-5-6-13(2)19(11-12)17(21)15-8-7-14(4-3-9-20)16(18)10-15/h7-8,10,12-13,20H,5-6,9,11H2,1-2H3. The molecule has 21 heavy (non-hydrogen) atoms. The summed E-state index contributed by atoms with van der Waals surface area (Å²) in [6, 6.07) is 4.50. The van der Waals surface area contributed by atoms with Crippen molar-refractivity contribution in [3.63, 3.8) is 0 Å². The number of benzene rings is 1. The van der Waals surface area contributed by atoms with E-state index in [1.807, 2.05) is 11.8 Å². The Morgan fingerprint density at radius 3 is 2.86 bits per heavy atom. The van der Waals surface area contributed by atoms with Gasteiger partial charge in [-0.15, -0.1) is 0 Å². The summed E-state index contributed by atoms with van der Waals surface area (Å²) >= 11 is 0. The first-order valence-corrected chi connectivity index (χ1v) is 7.23. The first-order valence-electron chi connectivity index (χ1n) is 7.23. The van der Waals surface area contributed by atoms with E-state index in [2.05, 4.69) is 18.8 Å². The Bertz CT molecular complexity index is 588. The molecule has 1 saturated heterocycles. The summed E-state index contributed by atoms with van der Waals surface area (Å²) in [5.74, 6) is 4.74. The maximum atomic E-state index is 13.9. The van der Waals surface area contributed by atoms with Crippen molar-refractivity contribution in [1.82, 2.24) is 4.90 Å². The lowest BCUT2D eigenvalue weighted by molar-refractivity contribution is 0.0573. The molecule has 4 heteroatoms. The Hall–Kier alpha value is -1.86. The van der Waals surface area contributed by atoms with Crippen LogP contribution in [0.1, 0.15) is 42.6 Å². The van der Waals surface area contributed by atoms with Gasteiger partial charge in [-0.05, 0) is 43.9 Å². The van der Waals surface area contributed by atoms with Crippen molar-refractivity contribution < 1.29 is 14.3 Å². The van der Waals surface area contributed by atoms with Crippen LogP contribution in [-0.4, -0.2) is 35.1 Å². The minimum atomic E-state index is -0.528. The minimum Gasteiger partial charge on any atom is -0.384 e. The maximum Gasteiger partial charge on any atom is 0.254 e. The van der Waals surface area contributed by atoms with Crippen molar-refractivity contribution in [2.75, 3.05) is 13.2 Å². The molecule has 112 valence electrons. The molecular weight excluding hydrogens is 269 g/mol. The summed E-state index contributed by atoms with van der Waals surface area (Å²) in [6.07, 6.45) is 2.10. The lowest BCUT2D eigenvalue weighted by atomic mass is 9.94. The Morgan fingerprint density at radius 2 is 2.19 bits per heavy atom. The molecule has 2 rings (SSSR count). The van der Waals surface area contributed by atoms with Crippen LogP contribution in [0.5, 0.6) is 0 Å². The number of hydrogen-bond acceptors (Lipinski definition) is 2. The molecule has 1 aliphatic heterocycles. The van der Waals surface area contributed by atoms with Crippen LogP contribution in [0.3, 0.4) is 0 Å². The van der Waals surface area contributed by atoms with E-state index in [1.165, 1.54) is 12.1 Å². The average Bonchev–Trinajstić information content (AvgIpc) is 2.47. The van der Waals surface area contributed by atoms with Gasteiger partial charge in [0.25, 0.3) is 5.91 Å². The largest absolute Gasteiger partial charge is 0.384 e. The Labute approximate surface area is 124 Å². The summed E-state index contributed by atoms with van der Waals surface area (Å²) < 4.78 is 13.9. The van der Waals surface area contributed by atoms with Crippen LogP contribution in [-0.2, 0) is 0 Å². The number of aliphatic hydroxyl groups excluding tert-OH is 1. The van der Waals surface area contributed by atoms with Gasteiger partial charge in [-0.2, -0.15) is 0 Å². The number of carbonyl (C=O) groups excluding carboxylic acids is 1. The Kier molecular flexibility index (Phi) is 4.98. The number of likely N-dealkylation sites (tertiary alicyclic amines) is 1. The third-order valence-electron chi connectivity index (χ3n) is 3.90. The third-order valence-corrected chi connectivity index (χ3v) is 3.90. The highest BCUT2D eigenvalue weighted by molar-refractivity contribution is 5.94. The molecule has 1 aromatic carbocycles. The van der Waals surface area contributed by atoms with E-state index in [1.54, 1.807) is 6.07 Å². The molecule has 1 fully saturated rings. The van der Waals surface area contributed by atoms with Crippen molar-refractivity contribution in [1.29, 1.82) is 0 Å². The summed E-state index contributed by atoms with van der Waals surface area (Å²) in [7, 11) is 0. The smallest absolute Gasteiger partial charge is 0.254 e. The molecule has 2 atom stereocenters. The zero-order valence-corrected chi connectivity index (χ0v) is 12.4. The van der Waals surface area contributed by atoms with Gasteiger partial charge in [0.1, 0.15) is 12.4 Å². The van der Waals surface area contributed by atoms with E-state index in [0.717, 1.165) is 12.8 Å². The zero-order chi connectivity index (χ0) is 15.4. The van der Waals surface area contributed by atoms with Crippen molar-refractivity contribution in [2.45, 2.75) is 32.7 Å². The van der Waals surface area contributed by atoms with Crippen LogP contribution < -0.4 is 0 Å². The highest BCUT2D eigenvalue weighted by Gasteiger charge is 2.27. The van der Waals surface area contributed by atoms with Gasteiger partial charge >= 0.3 is 0 Å². The first kappa shape index (κ1) is 15.5. The molecule has 1 aromatic rings. The van der Waals surface area contributed by atoms with Gasteiger partial charge in [-0.3, -0.25) is 4.79 Å². The van der Waals surface area contributed by atoms with Gasteiger partial charge in [-0.25, -0.2) is 4.39 Å². The SMILES string of the molecule is CC1CCC(C)N(C(=O)c2ccc(C#CCO)c(F)c2)C1. The Balaban J connectivity index is 2.21. The number of amides is 1. The topological polar surface area (TPSA) is 40.5 Å². The van der Waals surface area contributed by atoms with E-state index in [-0.39, 0.29) is 24.1 Å². The lowest BCUT2D eigenvalue weighted by Crippen LogP contribution is -2.44. The summed E-state index contributed by atoms with van der Waals surface area (Å²) in [6.45, 7) is 4.55. The highest BCUT2D eigenvalue weighted by atomic mass is 19.1. The minimum absolute atomic E-state index is 0.130. The van der Waals surface area contributed by atoms with Gasteiger partial charge in [0.05, 0.1) is 5.56 Å². The van der Waals surface area contributed by atoms with Crippen molar-refractivity contribution >= 4 is 5.91 Å². The predicted molar refractivity (Wildman–Crippen MR) is 79.3 cm³/mol. The van der Waals surface area contributed by atoms with E-state index in [4.69, 9.17) is 5.11 Å². The normalized spacial score (nSPS) is 21.6. The second kappa shape index (κ2) is 6.73. The molecule has 2 unspecified atom stereocenters. The Morgan fingerprint density at radius 1 is 1.43 bits per heavy atom. The van der Waals surface area contributed by atoms with Gasteiger partial charge in [-0.1, -0.05) is 18.8 Å². The molecule has 0 spiro atoms. The fraction of sp³-hybridized carbons (Fsp3) is 0.471. The number of piperidine rings is 1. The van der Waals surface area contributed by atoms with Gasteiger partial charge in [0.15, 0.2) is 0 Å². The van der Waals surface area contributed by atoms with Crippen LogP contribution in [0.4, 0.5) is 4.39 Å². The zero-order valence-electron chi connectivity index (χ0n) is 12.4. The summed E-state index contributed by atoms with van der Waals surface area (Å²) in [5, 5.41) is 8.63. The number of rotatable bonds is 1. The molecule has 0 aliphatic carbocycles. The summed E-state index contributed by atoms with van der Waals surface area (Å²) in [5.41, 5.74) is 0.545. The number of aliphatic hydroxyl groups is 1. The van der Waals surface area contributed by atoms with E-state index >= 15 is 0 Å². The average molecular weight is 289 g/mol.